The Labute approximate surface area is 169 Å². The maximum Gasteiger partial charge on any atom is 0.321 e. The summed E-state index contributed by atoms with van der Waals surface area (Å²) >= 11 is 0. The number of nitrogens with zero attached hydrogens (tertiary/aromatic N) is 4. The van der Waals surface area contributed by atoms with Gasteiger partial charge in [0.2, 0.25) is 0 Å². The number of rotatable bonds is 4. The van der Waals surface area contributed by atoms with E-state index in [9.17, 15) is 9.18 Å². The highest BCUT2D eigenvalue weighted by atomic mass is 19.1. The van der Waals surface area contributed by atoms with E-state index < -0.39 is 5.82 Å². The Bertz CT molecular complexity index is 980. The summed E-state index contributed by atoms with van der Waals surface area (Å²) in [6, 6.07) is 9.91. The van der Waals surface area contributed by atoms with Crippen LogP contribution < -0.4 is 5.32 Å². The number of para-hydroxylation sites is 1. The van der Waals surface area contributed by atoms with Crippen LogP contribution in [0.25, 0.3) is 11.4 Å². The first kappa shape index (κ1) is 19.1. The van der Waals surface area contributed by atoms with Crippen molar-refractivity contribution in [3.8, 4) is 11.4 Å². The Morgan fingerprint density at radius 3 is 2.69 bits per heavy atom. The average molecular weight is 393 g/mol. The lowest BCUT2D eigenvalue weighted by molar-refractivity contribution is 0.177. The molecule has 7 heteroatoms. The number of anilines is 1. The Balaban J connectivity index is 1.37. The van der Waals surface area contributed by atoms with Crippen LogP contribution in [0.3, 0.4) is 0 Å². The van der Waals surface area contributed by atoms with Crippen LogP contribution in [0, 0.1) is 18.7 Å². The summed E-state index contributed by atoms with van der Waals surface area (Å²) in [7, 11) is 0. The molecule has 1 aromatic carbocycles. The minimum atomic E-state index is -0.422. The molecule has 1 saturated heterocycles. The van der Waals surface area contributed by atoms with Crippen molar-refractivity contribution in [2.75, 3.05) is 18.4 Å². The number of carbonyl (C=O) groups excluding carboxylic acids is 1. The number of aryl methyl sites for hydroxylation is 1. The number of amides is 2. The molecule has 0 aliphatic carbocycles. The van der Waals surface area contributed by atoms with Crippen LogP contribution >= 0.6 is 0 Å². The Kier molecular flexibility index (Phi) is 5.55. The van der Waals surface area contributed by atoms with Gasteiger partial charge in [0.05, 0.1) is 5.69 Å². The van der Waals surface area contributed by atoms with Gasteiger partial charge in [-0.05, 0) is 49.9 Å². The zero-order chi connectivity index (χ0) is 20.2. The largest absolute Gasteiger partial charge is 0.328 e. The SMILES string of the molecule is Cc1cnc(-c2cccnc2)n1CC1CCN(C(=O)Nc2ccccc2F)CC1. The molecule has 0 atom stereocenters. The van der Waals surface area contributed by atoms with Gasteiger partial charge in [-0.15, -0.1) is 0 Å². The average Bonchev–Trinajstić information content (AvgIpc) is 3.11. The molecule has 4 rings (SSSR count). The van der Waals surface area contributed by atoms with Gasteiger partial charge in [-0.25, -0.2) is 14.2 Å². The summed E-state index contributed by atoms with van der Waals surface area (Å²) in [5.41, 5.74) is 2.33. The molecule has 1 aliphatic heterocycles. The molecule has 2 aromatic heterocycles. The molecule has 3 aromatic rings. The standard InChI is InChI=1S/C22H24FN5O/c1-16-13-25-21(18-5-4-10-24-14-18)28(16)15-17-8-11-27(12-9-17)22(29)26-20-7-3-2-6-19(20)23/h2-7,10,13-14,17H,8-9,11-12,15H2,1H3,(H,26,29). The number of piperidine rings is 1. The smallest absolute Gasteiger partial charge is 0.321 e. The van der Waals surface area contributed by atoms with Crippen LogP contribution in [0.1, 0.15) is 18.5 Å². The molecule has 0 spiro atoms. The van der Waals surface area contributed by atoms with Gasteiger partial charge in [-0.1, -0.05) is 12.1 Å². The van der Waals surface area contributed by atoms with Crippen molar-refractivity contribution in [1.82, 2.24) is 19.4 Å². The van der Waals surface area contributed by atoms with Crippen LogP contribution in [0.4, 0.5) is 14.9 Å². The molecule has 1 fully saturated rings. The van der Waals surface area contributed by atoms with Crippen molar-refractivity contribution in [2.45, 2.75) is 26.3 Å². The van der Waals surface area contributed by atoms with Gasteiger partial charge in [0, 0.05) is 49.5 Å². The number of imidazole rings is 1. The van der Waals surface area contributed by atoms with E-state index in [1.54, 1.807) is 29.3 Å². The Morgan fingerprint density at radius 1 is 1.17 bits per heavy atom. The first-order chi connectivity index (χ1) is 14.1. The highest BCUT2D eigenvalue weighted by Gasteiger charge is 2.24. The van der Waals surface area contributed by atoms with Crippen molar-refractivity contribution in [3.05, 3.63) is 66.5 Å². The van der Waals surface area contributed by atoms with Crippen LogP contribution in [0.2, 0.25) is 0 Å². The number of halogens is 1. The van der Waals surface area contributed by atoms with Gasteiger partial charge in [0.1, 0.15) is 11.6 Å². The zero-order valence-corrected chi connectivity index (χ0v) is 16.4. The summed E-state index contributed by atoms with van der Waals surface area (Å²) in [4.78, 5) is 23.0. The van der Waals surface area contributed by atoms with Crippen LogP contribution in [0.15, 0.2) is 55.0 Å². The van der Waals surface area contributed by atoms with E-state index in [1.807, 2.05) is 24.5 Å². The van der Waals surface area contributed by atoms with Crippen LogP contribution in [0.5, 0.6) is 0 Å². The molecular weight excluding hydrogens is 369 g/mol. The fraction of sp³-hybridized carbons (Fsp3) is 0.318. The Hall–Kier alpha value is -3.22. The topological polar surface area (TPSA) is 63.1 Å². The monoisotopic (exact) mass is 393 g/mol. The minimum Gasteiger partial charge on any atom is -0.328 e. The van der Waals surface area contributed by atoms with Crippen molar-refractivity contribution in [1.29, 1.82) is 0 Å². The summed E-state index contributed by atoms with van der Waals surface area (Å²) in [5, 5.41) is 2.67. The molecule has 2 amide bonds. The van der Waals surface area contributed by atoms with E-state index in [0.717, 1.165) is 36.5 Å². The molecule has 0 radical (unpaired) electrons. The van der Waals surface area contributed by atoms with Gasteiger partial charge < -0.3 is 14.8 Å². The maximum absolute atomic E-state index is 13.8. The van der Waals surface area contributed by atoms with Gasteiger partial charge >= 0.3 is 6.03 Å². The zero-order valence-electron chi connectivity index (χ0n) is 16.4. The van der Waals surface area contributed by atoms with Crippen LogP contribution in [-0.2, 0) is 6.54 Å². The second kappa shape index (κ2) is 8.43. The predicted molar refractivity (Wildman–Crippen MR) is 110 cm³/mol. The number of pyridine rings is 1. The van der Waals surface area contributed by atoms with Gasteiger partial charge in [-0.2, -0.15) is 0 Å². The fourth-order valence-corrected chi connectivity index (χ4v) is 3.75. The van der Waals surface area contributed by atoms with E-state index in [2.05, 4.69) is 26.8 Å². The van der Waals surface area contributed by atoms with Crippen LogP contribution in [-0.4, -0.2) is 38.6 Å². The lowest BCUT2D eigenvalue weighted by atomic mass is 9.96. The molecule has 0 bridgehead atoms. The number of urea groups is 1. The molecular formula is C22H24FN5O. The summed E-state index contributed by atoms with van der Waals surface area (Å²) in [6.45, 7) is 4.23. The second-order valence-corrected chi connectivity index (χ2v) is 7.42. The first-order valence-corrected chi connectivity index (χ1v) is 9.85. The minimum absolute atomic E-state index is 0.217. The normalized spacial score (nSPS) is 14.8. The van der Waals surface area contributed by atoms with E-state index in [1.165, 1.54) is 6.07 Å². The van der Waals surface area contributed by atoms with Crippen molar-refractivity contribution in [3.63, 3.8) is 0 Å². The van der Waals surface area contributed by atoms with Gasteiger partial charge in [0.25, 0.3) is 0 Å². The number of nitrogens with one attached hydrogen (secondary N) is 1. The number of hydrogen-bond donors (Lipinski definition) is 1. The predicted octanol–water partition coefficient (Wildman–Crippen LogP) is 4.34. The quantitative estimate of drug-likeness (QED) is 0.717. The summed E-state index contributed by atoms with van der Waals surface area (Å²) in [6.07, 6.45) is 7.27. The molecule has 1 aliphatic rings. The molecule has 6 nitrogen and oxygen atoms in total. The third-order valence-electron chi connectivity index (χ3n) is 5.43. The number of likely N-dealkylation sites (tertiary alicyclic amines) is 1. The van der Waals surface area contributed by atoms with E-state index in [0.29, 0.717) is 19.0 Å². The third-order valence-corrected chi connectivity index (χ3v) is 5.43. The highest BCUT2D eigenvalue weighted by molar-refractivity contribution is 5.89. The van der Waals surface area contributed by atoms with Gasteiger partial charge in [0.15, 0.2) is 0 Å². The van der Waals surface area contributed by atoms with Gasteiger partial charge in [-0.3, -0.25) is 4.98 Å². The van der Waals surface area contributed by atoms with E-state index in [-0.39, 0.29) is 11.7 Å². The second-order valence-electron chi connectivity index (χ2n) is 7.42. The molecule has 1 N–H and O–H groups in total. The number of carbonyl (C=O) groups is 1. The highest BCUT2D eigenvalue weighted by Crippen LogP contribution is 2.25. The molecule has 0 unspecified atom stereocenters. The lowest BCUT2D eigenvalue weighted by Gasteiger charge is -2.32. The van der Waals surface area contributed by atoms with E-state index >= 15 is 0 Å². The number of benzene rings is 1. The van der Waals surface area contributed by atoms with Crippen molar-refractivity contribution in [2.24, 2.45) is 5.92 Å². The molecule has 29 heavy (non-hydrogen) atoms. The first-order valence-electron chi connectivity index (χ1n) is 9.85. The molecule has 150 valence electrons. The molecule has 0 saturated carbocycles. The van der Waals surface area contributed by atoms with Crippen molar-refractivity contribution < 1.29 is 9.18 Å². The van der Waals surface area contributed by atoms with E-state index in [4.69, 9.17) is 0 Å². The summed E-state index contributed by atoms with van der Waals surface area (Å²) in [5.74, 6) is 0.959. The fourth-order valence-electron chi connectivity index (χ4n) is 3.75. The Morgan fingerprint density at radius 2 is 1.97 bits per heavy atom. The molecule has 3 heterocycles. The maximum atomic E-state index is 13.8. The number of hydrogen-bond acceptors (Lipinski definition) is 3. The third kappa shape index (κ3) is 4.29. The lowest BCUT2D eigenvalue weighted by Crippen LogP contribution is -2.41. The number of aromatic nitrogens is 3. The summed E-state index contributed by atoms with van der Waals surface area (Å²) < 4.78 is 16.0. The van der Waals surface area contributed by atoms with Crippen molar-refractivity contribution >= 4 is 11.7 Å².